The third kappa shape index (κ3) is 3.39. The van der Waals surface area contributed by atoms with Crippen LogP contribution in [0.5, 0.6) is 0 Å². The topological polar surface area (TPSA) is 72.8 Å². The molecule has 0 saturated heterocycles. The summed E-state index contributed by atoms with van der Waals surface area (Å²) >= 11 is 0. The van der Waals surface area contributed by atoms with Crippen LogP contribution < -0.4 is 0 Å². The maximum atomic E-state index is 11.8. The largest absolute Gasteiger partial charge is 0.468 e. The zero-order chi connectivity index (χ0) is 15.4. The molecule has 2 unspecified atom stereocenters. The number of hydrogen-bond acceptors (Lipinski definition) is 5. The van der Waals surface area contributed by atoms with Gasteiger partial charge in [0.15, 0.2) is 5.41 Å². The van der Waals surface area contributed by atoms with Crippen molar-refractivity contribution in [2.75, 3.05) is 14.2 Å². The van der Waals surface area contributed by atoms with Crippen molar-refractivity contribution in [3.05, 3.63) is 12.2 Å². The molecule has 1 saturated carbocycles. The molecule has 0 aromatic heterocycles. The molecule has 0 bridgehead atoms. The molecule has 20 heavy (non-hydrogen) atoms. The van der Waals surface area contributed by atoms with E-state index < -0.39 is 23.0 Å². The van der Waals surface area contributed by atoms with E-state index in [1.54, 1.807) is 19.1 Å². The summed E-state index contributed by atoms with van der Waals surface area (Å²) in [4.78, 5) is 23.6. The zero-order valence-corrected chi connectivity index (χ0v) is 12.6. The molecule has 1 fully saturated rings. The minimum Gasteiger partial charge on any atom is -0.468 e. The van der Waals surface area contributed by atoms with Crippen LogP contribution in [0.25, 0.3) is 0 Å². The first-order chi connectivity index (χ1) is 9.34. The molecule has 0 amide bonds. The summed E-state index contributed by atoms with van der Waals surface area (Å²) in [5, 5.41) is 10.2. The number of allylic oxidation sites excluding steroid dienone is 1. The number of aliphatic hydroxyl groups is 1. The molecule has 1 aliphatic rings. The second-order valence-electron chi connectivity index (χ2n) is 5.58. The van der Waals surface area contributed by atoms with E-state index in [1.165, 1.54) is 14.2 Å². The molecule has 0 spiro atoms. The van der Waals surface area contributed by atoms with Crippen LogP contribution in [0.15, 0.2) is 12.2 Å². The molecule has 5 nitrogen and oxygen atoms in total. The summed E-state index contributed by atoms with van der Waals surface area (Å²) in [6.45, 7) is 3.78. The van der Waals surface area contributed by atoms with Crippen LogP contribution in [0.3, 0.4) is 0 Å². The van der Waals surface area contributed by atoms with Gasteiger partial charge in [0.25, 0.3) is 0 Å². The second kappa shape index (κ2) is 6.39. The van der Waals surface area contributed by atoms with E-state index in [1.807, 2.05) is 0 Å². The van der Waals surface area contributed by atoms with Gasteiger partial charge in [0.1, 0.15) is 0 Å². The number of carbonyl (C=O) groups is 2. The van der Waals surface area contributed by atoms with Crippen molar-refractivity contribution in [3.63, 3.8) is 0 Å². The lowest BCUT2D eigenvalue weighted by molar-refractivity contribution is -0.161. The number of esters is 2. The predicted molar refractivity (Wildman–Crippen MR) is 73.9 cm³/mol. The van der Waals surface area contributed by atoms with Crippen molar-refractivity contribution in [3.8, 4) is 0 Å². The highest BCUT2D eigenvalue weighted by atomic mass is 16.5. The van der Waals surface area contributed by atoms with Crippen molar-refractivity contribution in [2.24, 2.45) is 11.3 Å². The van der Waals surface area contributed by atoms with Gasteiger partial charge in [-0.2, -0.15) is 0 Å². The van der Waals surface area contributed by atoms with E-state index in [0.717, 1.165) is 12.8 Å². The lowest BCUT2D eigenvalue weighted by Crippen LogP contribution is -2.30. The van der Waals surface area contributed by atoms with Crippen molar-refractivity contribution in [1.29, 1.82) is 0 Å². The first-order valence-corrected chi connectivity index (χ1v) is 6.92. The number of rotatable bonds is 7. The normalized spacial score (nSPS) is 23.1. The zero-order valence-electron chi connectivity index (χ0n) is 12.6. The van der Waals surface area contributed by atoms with E-state index in [9.17, 15) is 14.7 Å². The standard InChI is InChI=1S/C15H24O5/c1-5-6-8-14(2,18)9-7-11-10-15(11,12(16)19-3)13(17)20-4/h7,9,11,18H,5-6,8,10H2,1-4H3/b9-7+. The Balaban J connectivity index is 2.75. The molecule has 0 aliphatic heterocycles. The smallest absolute Gasteiger partial charge is 0.323 e. The van der Waals surface area contributed by atoms with Gasteiger partial charge in [-0.05, 0) is 19.8 Å². The van der Waals surface area contributed by atoms with Gasteiger partial charge >= 0.3 is 11.9 Å². The van der Waals surface area contributed by atoms with Crippen molar-refractivity contribution in [2.45, 2.75) is 45.1 Å². The highest BCUT2D eigenvalue weighted by Gasteiger charge is 2.66. The first-order valence-electron chi connectivity index (χ1n) is 6.92. The average molecular weight is 284 g/mol. The SMILES string of the molecule is CCCCC(C)(O)/C=C/C1CC1(C(=O)OC)C(=O)OC. The summed E-state index contributed by atoms with van der Waals surface area (Å²) in [5.74, 6) is -1.42. The molecule has 2 atom stereocenters. The van der Waals surface area contributed by atoms with Crippen LogP contribution in [0, 0.1) is 11.3 Å². The van der Waals surface area contributed by atoms with Crippen LogP contribution in [-0.2, 0) is 19.1 Å². The number of unbranched alkanes of at least 4 members (excludes halogenated alkanes) is 1. The third-order valence-corrected chi connectivity index (χ3v) is 3.84. The Labute approximate surface area is 119 Å². The summed E-state index contributed by atoms with van der Waals surface area (Å²) in [6.07, 6.45) is 6.33. The number of hydrogen-bond donors (Lipinski definition) is 1. The van der Waals surface area contributed by atoms with Crippen LogP contribution >= 0.6 is 0 Å². The summed E-state index contributed by atoms with van der Waals surface area (Å²) in [5.41, 5.74) is -2.14. The van der Waals surface area contributed by atoms with Gasteiger partial charge in [-0.15, -0.1) is 0 Å². The van der Waals surface area contributed by atoms with Crippen molar-refractivity contribution >= 4 is 11.9 Å². The van der Waals surface area contributed by atoms with E-state index in [0.29, 0.717) is 12.8 Å². The lowest BCUT2D eigenvalue weighted by Gasteiger charge is -2.18. The minimum absolute atomic E-state index is 0.268. The number of methoxy groups -OCH3 is 2. The lowest BCUT2D eigenvalue weighted by atomic mass is 9.96. The molecule has 1 N–H and O–H groups in total. The summed E-state index contributed by atoms with van der Waals surface area (Å²) in [6, 6.07) is 0. The van der Waals surface area contributed by atoms with Crippen LogP contribution in [0.4, 0.5) is 0 Å². The van der Waals surface area contributed by atoms with Crippen LogP contribution in [0.1, 0.15) is 39.5 Å². The summed E-state index contributed by atoms with van der Waals surface area (Å²) < 4.78 is 9.38. The molecule has 0 aromatic carbocycles. The molecule has 114 valence electrons. The number of ether oxygens (including phenoxy) is 2. The average Bonchev–Trinajstić information content (AvgIpc) is 3.17. The Morgan fingerprint density at radius 2 is 1.90 bits per heavy atom. The molecular weight excluding hydrogens is 260 g/mol. The molecule has 0 aromatic rings. The molecule has 0 radical (unpaired) electrons. The van der Waals surface area contributed by atoms with Gasteiger partial charge in [0, 0.05) is 5.92 Å². The minimum atomic E-state index is -1.22. The van der Waals surface area contributed by atoms with Gasteiger partial charge in [0.2, 0.25) is 0 Å². The Kier molecular flexibility index (Phi) is 5.34. The van der Waals surface area contributed by atoms with E-state index in [4.69, 9.17) is 9.47 Å². The quantitative estimate of drug-likeness (QED) is 0.439. The maximum Gasteiger partial charge on any atom is 0.323 e. The van der Waals surface area contributed by atoms with Crippen molar-refractivity contribution < 1.29 is 24.2 Å². The highest BCUT2D eigenvalue weighted by molar-refractivity contribution is 6.04. The van der Waals surface area contributed by atoms with Gasteiger partial charge in [0.05, 0.1) is 19.8 Å². The Morgan fingerprint density at radius 1 is 1.35 bits per heavy atom. The van der Waals surface area contributed by atoms with E-state index in [-0.39, 0.29) is 5.92 Å². The van der Waals surface area contributed by atoms with Crippen molar-refractivity contribution in [1.82, 2.24) is 0 Å². The molecule has 1 rings (SSSR count). The van der Waals surface area contributed by atoms with E-state index >= 15 is 0 Å². The van der Waals surface area contributed by atoms with E-state index in [2.05, 4.69) is 6.92 Å². The molecule has 5 heteroatoms. The molecular formula is C15H24O5. The second-order valence-corrected chi connectivity index (χ2v) is 5.58. The number of carbonyl (C=O) groups excluding carboxylic acids is 2. The van der Waals surface area contributed by atoms with Crippen LogP contribution in [0.2, 0.25) is 0 Å². The third-order valence-electron chi connectivity index (χ3n) is 3.84. The van der Waals surface area contributed by atoms with Gasteiger partial charge in [-0.3, -0.25) is 9.59 Å². The maximum absolute atomic E-state index is 11.8. The first kappa shape index (κ1) is 16.7. The highest BCUT2D eigenvalue weighted by Crippen LogP contribution is 2.55. The fourth-order valence-electron chi connectivity index (χ4n) is 2.38. The fraction of sp³-hybridized carbons (Fsp3) is 0.733. The molecule has 0 heterocycles. The predicted octanol–water partition coefficient (Wildman–Crippen LogP) is 1.84. The summed E-state index contributed by atoms with van der Waals surface area (Å²) in [7, 11) is 2.51. The fourth-order valence-corrected chi connectivity index (χ4v) is 2.38. The Morgan fingerprint density at radius 3 is 2.35 bits per heavy atom. The van der Waals surface area contributed by atoms with Gasteiger partial charge in [-0.25, -0.2) is 0 Å². The van der Waals surface area contributed by atoms with Gasteiger partial charge in [-0.1, -0.05) is 31.9 Å². The Bertz CT molecular complexity index is 381. The Hall–Kier alpha value is -1.36. The van der Waals surface area contributed by atoms with Crippen LogP contribution in [-0.4, -0.2) is 36.9 Å². The van der Waals surface area contributed by atoms with Gasteiger partial charge < -0.3 is 14.6 Å². The monoisotopic (exact) mass is 284 g/mol. The molecule has 1 aliphatic carbocycles.